The van der Waals surface area contributed by atoms with Crippen LogP contribution in [0.2, 0.25) is 0 Å². The van der Waals surface area contributed by atoms with E-state index in [1.807, 2.05) is 0 Å². The van der Waals surface area contributed by atoms with Crippen molar-refractivity contribution in [3.05, 3.63) is 47.6 Å². The van der Waals surface area contributed by atoms with Crippen molar-refractivity contribution in [2.45, 2.75) is 44.6 Å². The molecule has 0 aromatic carbocycles. The minimum absolute atomic E-state index is 0.746. The van der Waals surface area contributed by atoms with Gasteiger partial charge in [0.2, 0.25) is 0 Å². The summed E-state index contributed by atoms with van der Waals surface area (Å²) in [4.78, 5) is 0. The second-order valence-corrected chi connectivity index (χ2v) is 5.74. The van der Waals surface area contributed by atoms with Crippen LogP contribution < -0.4 is 5.32 Å². The lowest BCUT2D eigenvalue weighted by Crippen LogP contribution is -2.34. The predicted molar refractivity (Wildman–Crippen MR) is 77.4 cm³/mol. The van der Waals surface area contributed by atoms with E-state index in [0.29, 0.717) is 0 Å². The van der Waals surface area contributed by atoms with Crippen LogP contribution in [0.1, 0.15) is 38.5 Å². The van der Waals surface area contributed by atoms with Gasteiger partial charge < -0.3 is 5.32 Å². The van der Waals surface area contributed by atoms with Crippen LogP contribution in [0.5, 0.6) is 0 Å². The first kappa shape index (κ1) is 12.0. The van der Waals surface area contributed by atoms with Gasteiger partial charge in [-0.1, -0.05) is 55.7 Å². The zero-order valence-electron chi connectivity index (χ0n) is 11.1. The molecule has 0 amide bonds. The Morgan fingerprint density at radius 1 is 0.833 bits per heavy atom. The molecule has 0 bridgehead atoms. The highest BCUT2D eigenvalue weighted by atomic mass is 14.9. The summed E-state index contributed by atoms with van der Waals surface area (Å²) in [5.41, 5.74) is 3.04. The highest BCUT2D eigenvalue weighted by Gasteiger charge is 2.27. The molecule has 96 valence electrons. The smallest absolute Gasteiger partial charge is 0.0210 e. The van der Waals surface area contributed by atoms with Gasteiger partial charge in [-0.2, -0.15) is 0 Å². The summed E-state index contributed by atoms with van der Waals surface area (Å²) in [6.07, 6.45) is 21.5. The Hall–Kier alpha value is -1.08. The molecule has 18 heavy (non-hydrogen) atoms. The van der Waals surface area contributed by atoms with Crippen LogP contribution in [-0.4, -0.2) is 12.6 Å². The molecule has 1 heterocycles. The summed E-state index contributed by atoms with van der Waals surface area (Å²) < 4.78 is 0. The largest absolute Gasteiger partial charge is 0.310 e. The van der Waals surface area contributed by atoms with Crippen molar-refractivity contribution in [1.29, 1.82) is 0 Å². The molecule has 1 nitrogen and oxygen atoms in total. The lowest BCUT2D eigenvalue weighted by molar-refractivity contribution is 0.354. The van der Waals surface area contributed by atoms with Gasteiger partial charge in [0.1, 0.15) is 0 Å². The molecular formula is C17H23N. The molecule has 3 rings (SSSR count). The summed E-state index contributed by atoms with van der Waals surface area (Å²) in [7, 11) is 0. The van der Waals surface area contributed by atoms with Gasteiger partial charge in [-0.3, -0.25) is 0 Å². The summed E-state index contributed by atoms with van der Waals surface area (Å²) in [6, 6.07) is 0.746. The molecule has 1 saturated heterocycles. The van der Waals surface area contributed by atoms with E-state index in [1.54, 1.807) is 5.57 Å². The van der Waals surface area contributed by atoms with Crippen LogP contribution in [-0.2, 0) is 0 Å². The Morgan fingerprint density at radius 3 is 2.50 bits per heavy atom. The van der Waals surface area contributed by atoms with Crippen LogP contribution in [0.15, 0.2) is 47.6 Å². The van der Waals surface area contributed by atoms with Gasteiger partial charge in [0.15, 0.2) is 0 Å². The monoisotopic (exact) mass is 241 g/mol. The van der Waals surface area contributed by atoms with Crippen molar-refractivity contribution in [3.8, 4) is 0 Å². The van der Waals surface area contributed by atoms with Crippen molar-refractivity contribution in [2.24, 2.45) is 5.92 Å². The SMILES string of the molecule is C1=C/C=C2/CC3CCCCCC3NC/C2=C/C=C1. The molecule has 3 aliphatic rings. The number of allylic oxidation sites excluding steroid dienone is 6. The third-order valence-corrected chi connectivity index (χ3v) is 4.54. The third kappa shape index (κ3) is 2.67. The molecule has 2 unspecified atom stereocenters. The zero-order chi connectivity index (χ0) is 12.2. The first-order chi connectivity index (χ1) is 8.93. The third-order valence-electron chi connectivity index (χ3n) is 4.54. The lowest BCUT2D eigenvalue weighted by Gasteiger charge is -2.22. The minimum Gasteiger partial charge on any atom is -0.310 e. The Labute approximate surface area is 110 Å². The molecule has 1 aliphatic heterocycles. The van der Waals surface area contributed by atoms with Crippen molar-refractivity contribution in [1.82, 2.24) is 5.32 Å². The van der Waals surface area contributed by atoms with Crippen LogP contribution in [0.25, 0.3) is 0 Å². The fourth-order valence-corrected chi connectivity index (χ4v) is 3.48. The van der Waals surface area contributed by atoms with E-state index < -0.39 is 0 Å². The Kier molecular flexibility index (Phi) is 3.80. The van der Waals surface area contributed by atoms with Crippen molar-refractivity contribution in [2.75, 3.05) is 6.54 Å². The summed E-state index contributed by atoms with van der Waals surface area (Å²) in [5.74, 6) is 0.849. The van der Waals surface area contributed by atoms with E-state index in [-0.39, 0.29) is 0 Å². The average molecular weight is 241 g/mol. The van der Waals surface area contributed by atoms with Gasteiger partial charge in [-0.25, -0.2) is 0 Å². The standard InChI is InChI=1S/C17H23N/c1-2-5-10-16-13-18-17-11-7-3-6-9-15(17)12-14(16)8-4-1/h1-2,4-5,8,10,15,17-18H,3,6-7,9,11-13H2/b2-1?,4-1?,5-2?,8-4?,10-5?,14-8-,16-10-. The molecule has 2 aliphatic carbocycles. The maximum atomic E-state index is 3.80. The van der Waals surface area contributed by atoms with Crippen molar-refractivity contribution >= 4 is 0 Å². The second-order valence-electron chi connectivity index (χ2n) is 5.74. The topological polar surface area (TPSA) is 12.0 Å². The van der Waals surface area contributed by atoms with Gasteiger partial charge >= 0.3 is 0 Å². The maximum absolute atomic E-state index is 3.80. The van der Waals surface area contributed by atoms with Crippen molar-refractivity contribution in [3.63, 3.8) is 0 Å². The Bertz CT molecular complexity index is 411. The number of fused-ring (bicyclic) bond motifs is 2. The molecule has 2 fully saturated rings. The quantitative estimate of drug-likeness (QED) is 0.678. The molecule has 0 aromatic heterocycles. The lowest BCUT2D eigenvalue weighted by atomic mass is 9.87. The summed E-state index contributed by atoms with van der Waals surface area (Å²) in [6.45, 7) is 1.05. The van der Waals surface area contributed by atoms with Crippen molar-refractivity contribution < 1.29 is 0 Å². The van der Waals surface area contributed by atoms with Gasteiger partial charge in [0.05, 0.1) is 0 Å². The molecule has 0 spiro atoms. The molecule has 0 radical (unpaired) electrons. The molecule has 1 saturated carbocycles. The fraction of sp³-hybridized carbons (Fsp3) is 0.529. The van der Waals surface area contributed by atoms with E-state index in [1.165, 1.54) is 44.1 Å². The van der Waals surface area contributed by atoms with E-state index in [2.05, 4.69) is 41.8 Å². The molecular weight excluding hydrogens is 218 g/mol. The van der Waals surface area contributed by atoms with E-state index >= 15 is 0 Å². The van der Waals surface area contributed by atoms with E-state index in [0.717, 1.165) is 18.5 Å². The Balaban J connectivity index is 1.85. The first-order valence-electron chi connectivity index (χ1n) is 7.40. The second kappa shape index (κ2) is 5.71. The highest BCUT2D eigenvalue weighted by Crippen LogP contribution is 2.33. The molecule has 2 atom stereocenters. The number of hydrogen-bond acceptors (Lipinski definition) is 1. The van der Waals surface area contributed by atoms with Crippen LogP contribution in [0, 0.1) is 5.92 Å². The summed E-state index contributed by atoms with van der Waals surface area (Å²) >= 11 is 0. The van der Waals surface area contributed by atoms with Crippen LogP contribution in [0.4, 0.5) is 0 Å². The predicted octanol–water partition coefficient (Wildman–Crippen LogP) is 3.91. The molecule has 1 heteroatoms. The van der Waals surface area contributed by atoms with E-state index in [4.69, 9.17) is 0 Å². The minimum atomic E-state index is 0.746. The van der Waals surface area contributed by atoms with Crippen LogP contribution >= 0.6 is 0 Å². The Morgan fingerprint density at radius 2 is 1.61 bits per heavy atom. The summed E-state index contributed by atoms with van der Waals surface area (Å²) in [5, 5.41) is 3.80. The highest BCUT2D eigenvalue weighted by molar-refractivity contribution is 5.41. The first-order valence-corrected chi connectivity index (χ1v) is 7.40. The number of hydrogen-bond donors (Lipinski definition) is 1. The zero-order valence-corrected chi connectivity index (χ0v) is 11.1. The fourth-order valence-electron chi connectivity index (χ4n) is 3.48. The molecule has 0 aromatic rings. The van der Waals surface area contributed by atoms with Crippen LogP contribution in [0.3, 0.4) is 0 Å². The normalized spacial score (nSPS) is 37.8. The average Bonchev–Trinajstić information content (AvgIpc) is 2.64. The van der Waals surface area contributed by atoms with Gasteiger partial charge in [0.25, 0.3) is 0 Å². The van der Waals surface area contributed by atoms with Gasteiger partial charge in [-0.15, -0.1) is 0 Å². The number of rotatable bonds is 0. The van der Waals surface area contributed by atoms with Gasteiger partial charge in [0, 0.05) is 12.6 Å². The maximum Gasteiger partial charge on any atom is 0.0210 e. The van der Waals surface area contributed by atoms with Gasteiger partial charge in [-0.05, 0) is 36.3 Å². The molecule has 1 N–H and O–H groups in total. The van der Waals surface area contributed by atoms with E-state index in [9.17, 15) is 0 Å². The number of nitrogens with one attached hydrogen (secondary N) is 1.